The van der Waals surface area contributed by atoms with E-state index in [1.807, 2.05) is 6.20 Å². The molecular formula is C16H29N5. The van der Waals surface area contributed by atoms with Crippen molar-refractivity contribution >= 4 is 5.82 Å². The number of hydrogen-bond donors (Lipinski definition) is 1. The highest BCUT2D eigenvalue weighted by atomic mass is 15.3. The van der Waals surface area contributed by atoms with Crippen LogP contribution < -0.4 is 10.6 Å². The lowest BCUT2D eigenvalue weighted by molar-refractivity contribution is 0.205. The summed E-state index contributed by atoms with van der Waals surface area (Å²) in [5.74, 6) is 1.08. The van der Waals surface area contributed by atoms with Gasteiger partial charge in [-0.2, -0.15) is 0 Å². The van der Waals surface area contributed by atoms with E-state index in [0.29, 0.717) is 6.54 Å². The van der Waals surface area contributed by atoms with Crippen molar-refractivity contribution < 1.29 is 0 Å². The summed E-state index contributed by atoms with van der Waals surface area (Å²) in [5, 5.41) is 0. The number of piperazine rings is 1. The molecule has 1 fully saturated rings. The Bertz CT molecular complexity index is 394. The van der Waals surface area contributed by atoms with E-state index in [1.54, 1.807) is 0 Å². The molecule has 1 aromatic rings. The van der Waals surface area contributed by atoms with Crippen LogP contribution in [0.25, 0.3) is 0 Å². The maximum absolute atomic E-state index is 5.61. The molecule has 0 aliphatic carbocycles. The van der Waals surface area contributed by atoms with Gasteiger partial charge in [0.25, 0.3) is 0 Å². The van der Waals surface area contributed by atoms with Crippen LogP contribution in [0, 0.1) is 0 Å². The van der Waals surface area contributed by atoms with Gasteiger partial charge in [0.05, 0.1) is 0 Å². The highest BCUT2D eigenvalue weighted by Crippen LogP contribution is 2.13. The smallest absolute Gasteiger partial charge is 0.128 e. The van der Waals surface area contributed by atoms with E-state index in [-0.39, 0.29) is 0 Å². The SMILES string of the molecule is CCN(CC)CCN1CCN(c2ccc(CN)cn2)CC1. The molecule has 1 aromatic heterocycles. The molecule has 118 valence electrons. The van der Waals surface area contributed by atoms with E-state index >= 15 is 0 Å². The first-order valence-electron chi connectivity index (χ1n) is 8.11. The molecule has 2 N–H and O–H groups in total. The van der Waals surface area contributed by atoms with Gasteiger partial charge in [-0.1, -0.05) is 19.9 Å². The van der Waals surface area contributed by atoms with Crippen molar-refractivity contribution in [2.45, 2.75) is 20.4 Å². The van der Waals surface area contributed by atoms with E-state index in [2.05, 4.69) is 45.7 Å². The van der Waals surface area contributed by atoms with Gasteiger partial charge in [-0.15, -0.1) is 0 Å². The number of pyridine rings is 1. The summed E-state index contributed by atoms with van der Waals surface area (Å²) in [6.07, 6.45) is 1.89. The normalized spacial score (nSPS) is 16.7. The molecule has 1 aliphatic rings. The predicted molar refractivity (Wildman–Crippen MR) is 88.6 cm³/mol. The molecule has 5 nitrogen and oxygen atoms in total. The highest BCUT2D eigenvalue weighted by Gasteiger charge is 2.18. The van der Waals surface area contributed by atoms with E-state index < -0.39 is 0 Å². The van der Waals surface area contributed by atoms with E-state index in [1.165, 1.54) is 13.1 Å². The van der Waals surface area contributed by atoms with Crippen molar-refractivity contribution in [2.24, 2.45) is 5.73 Å². The summed E-state index contributed by atoms with van der Waals surface area (Å²) in [6.45, 7) is 14.1. The minimum Gasteiger partial charge on any atom is -0.354 e. The van der Waals surface area contributed by atoms with Crippen LogP contribution in [0.3, 0.4) is 0 Å². The monoisotopic (exact) mass is 291 g/mol. The van der Waals surface area contributed by atoms with Gasteiger partial charge in [0, 0.05) is 52.0 Å². The zero-order valence-corrected chi connectivity index (χ0v) is 13.5. The molecule has 0 bridgehead atoms. The molecular weight excluding hydrogens is 262 g/mol. The summed E-state index contributed by atoms with van der Waals surface area (Å²) < 4.78 is 0. The average Bonchev–Trinajstić information content (AvgIpc) is 2.56. The molecule has 0 unspecified atom stereocenters. The minimum absolute atomic E-state index is 0.562. The van der Waals surface area contributed by atoms with Crippen molar-refractivity contribution in [1.82, 2.24) is 14.8 Å². The first kappa shape index (κ1) is 16.2. The Labute approximate surface area is 128 Å². The van der Waals surface area contributed by atoms with Crippen LogP contribution in [0.2, 0.25) is 0 Å². The molecule has 21 heavy (non-hydrogen) atoms. The second-order valence-corrected chi connectivity index (χ2v) is 5.58. The lowest BCUT2D eigenvalue weighted by atomic mass is 10.2. The van der Waals surface area contributed by atoms with Gasteiger partial charge in [0.1, 0.15) is 5.82 Å². The quantitative estimate of drug-likeness (QED) is 0.812. The maximum atomic E-state index is 5.61. The van der Waals surface area contributed by atoms with Gasteiger partial charge in [-0.05, 0) is 24.7 Å². The highest BCUT2D eigenvalue weighted by molar-refractivity contribution is 5.39. The van der Waals surface area contributed by atoms with Gasteiger partial charge in [-0.3, -0.25) is 4.90 Å². The molecule has 5 heteroatoms. The van der Waals surface area contributed by atoms with Gasteiger partial charge < -0.3 is 15.5 Å². The fraction of sp³-hybridized carbons (Fsp3) is 0.688. The Morgan fingerprint density at radius 3 is 2.38 bits per heavy atom. The summed E-state index contributed by atoms with van der Waals surface area (Å²) in [6, 6.07) is 4.17. The predicted octanol–water partition coefficient (Wildman–Crippen LogP) is 1.00. The number of nitrogens with two attached hydrogens (primary N) is 1. The first-order chi connectivity index (χ1) is 10.3. The zero-order chi connectivity index (χ0) is 15.1. The van der Waals surface area contributed by atoms with E-state index in [4.69, 9.17) is 5.73 Å². The number of anilines is 1. The Morgan fingerprint density at radius 2 is 1.86 bits per heavy atom. The van der Waals surface area contributed by atoms with Crippen molar-refractivity contribution in [1.29, 1.82) is 0 Å². The fourth-order valence-electron chi connectivity index (χ4n) is 2.75. The molecule has 2 heterocycles. The van der Waals surface area contributed by atoms with Crippen LogP contribution >= 0.6 is 0 Å². The lowest BCUT2D eigenvalue weighted by Crippen LogP contribution is -2.48. The van der Waals surface area contributed by atoms with Crippen LogP contribution in [0.5, 0.6) is 0 Å². The zero-order valence-electron chi connectivity index (χ0n) is 13.5. The standard InChI is InChI=1S/C16H29N5/c1-3-19(4-2)7-8-20-9-11-21(12-10-20)16-6-5-15(13-17)14-18-16/h5-6,14H,3-4,7-13,17H2,1-2H3. The van der Waals surface area contributed by atoms with Crippen molar-refractivity contribution in [3.8, 4) is 0 Å². The topological polar surface area (TPSA) is 48.6 Å². The molecule has 0 amide bonds. The first-order valence-corrected chi connectivity index (χ1v) is 8.11. The molecule has 0 radical (unpaired) electrons. The van der Waals surface area contributed by atoms with Crippen LogP contribution in [0.15, 0.2) is 18.3 Å². The molecule has 1 saturated heterocycles. The average molecular weight is 291 g/mol. The Morgan fingerprint density at radius 1 is 1.14 bits per heavy atom. The number of nitrogens with zero attached hydrogens (tertiary/aromatic N) is 4. The third-order valence-corrected chi connectivity index (χ3v) is 4.37. The Kier molecular flexibility index (Phi) is 6.42. The van der Waals surface area contributed by atoms with Crippen molar-refractivity contribution in [2.75, 3.05) is 57.3 Å². The van der Waals surface area contributed by atoms with Gasteiger partial charge >= 0.3 is 0 Å². The molecule has 2 rings (SSSR count). The van der Waals surface area contributed by atoms with Crippen LogP contribution in [-0.2, 0) is 6.54 Å². The van der Waals surface area contributed by atoms with Crippen molar-refractivity contribution in [3.05, 3.63) is 23.9 Å². The third-order valence-electron chi connectivity index (χ3n) is 4.37. The second kappa shape index (κ2) is 8.32. The molecule has 1 aliphatic heterocycles. The Hall–Kier alpha value is -1.17. The summed E-state index contributed by atoms with van der Waals surface area (Å²) in [4.78, 5) is 11.9. The molecule has 0 spiro atoms. The number of hydrogen-bond acceptors (Lipinski definition) is 5. The molecule has 0 aromatic carbocycles. The van der Waals surface area contributed by atoms with E-state index in [9.17, 15) is 0 Å². The van der Waals surface area contributed by atoms with E-state index in [0.717, 1.165) is 50.6 Å². The lowest BCUT2D eigenvalue weighted by Gasteiger charge is -2.36. The van der Waals surface area contributed by atoms with Gasteiger partial charge in [-0.25, -0.2) is 4.98 Å². The Balaban J connectivity index is 1.77. The summed E-state index contributed by atoms with van der Waals surface area (Å²) in [7, 11) is 0. The third kappa shape index (κ3) is 4.66. The maximum Gasteiger partial charge on any atom is 0.128 e. The van der Waals surface area contributed by atoms with Gasteiger partial charge in [0.15, 0.2) is 0 Å². The largest absolute Gasteiger partial charge is 0.354 e. The second-order valence-electron chi connectivity index (χ2n) is 5.58. The molecule has 0 atom stereocenters. The van der Waals surface area contributed by atoms with Crippen molar-refractivity contribution in [3.63, 3.8) is 0 Å². The number of likely N-dealkylation sites (N-methyl/N-ethyl adjacent to an activating group) is 1. The summed E-state index contributed by atoms with van der Waals surface area (Å²) in [5.41, 5.74) is 6.71. The van der Waals surface area contributed by atoms with Gasteiger partial charge in [0.2, 0.25) is 0 Å². The molecule has 0 saturated carbocycles. The fourth-order valence-corrected chi connectivity index (χ4v) is 2.75. The number of rotatable bonds is 7. The van der Waals surface area contributed by atoms with Crippen LogP contribution in [-0.4, -0.2) is 67.1 Å². The van der Waals surface area contributed by atoms with Crippen LogP contribution in [0.1, 0.15) is 19.4 Å². The minimum atomic E-state index is 0.562. The number of aromatic nitrogens is 1. The summed E-state index contributed by atoms with van der Waals surface area (Å²) >= 11 is 0. The van der Waals surface area contributed by atoms with Crippen LogP contribution in [0.4, 0.5) is 5.82 Å².